The third kappa shape index (κ3) is 4.48. The van der Waals surface area contributed by atoms with Crippen LogP contribution in [0.4, 0.5) is 13.2 Å². The van der Waals surface area contributed by atoms with Gasteiger partial charge in [0.15, 0.2) is 0 Å². The van der Waals surface area contributed by atoms with Crippen LogP contribution in [0.25, 0.3) is 0 Å². The Morgan fingerprint density at radius 2 is 2.00 bits per heavy atom. The van der Waals surface area contributed by atoms with Gasteiger partial charge in [0.2, 0.25) is 5.91 Å². The highest BCUT2D eigenvalue weighted by Crippen LogP contribution is 2.30. The quantitative estimate of drug-likeness (QED) is 0.851. The van der Waals surface area contributed by atoms with Crippen LogP contribution in [-0.2, 0) is 4.79 Å². The smallest absolute Gasteiger partial charge is 0.345 e. The second kappa shape index (κ2) is 5.91. The lowest BCUT2D eigenvalue weighted by Gasteiger charge is -2.34. The summed E-state index contributed by atoms with van der Waals surface area (Å²) in [7, 11) is 1.44. The third-order valence-corrected chi connectivity index (χ3v) is 3.63. The molecule has 106 valence electrons. The Morgan fingerprint density at radius 3 is 2.50 bits per heavy atom. The van der Waals surface area contributed by atoms with Crippen LogP contribution < -0.4 is 5.73 Å². The largest absolute Gasteiger partial charge is 0.390 e. The Morgan fingerprint density at radius 1 is 1.39 bits per heavy atom. The molecule has 0 aromatic rings. The zero-order chi connectivity index (χ0) is 13.9. The SMILES string of the molecule is CC1CC(N)CCC1C(=O)N(C)CCC(F)(F)F. The number of nitrogens with zero attached hydrogens (tertiary/aromatic N) is 1. The van der Waals surface area contributed by atoms with E-state index in [1.54, 1.807) is 0 Å². The normalized spacial score (nSPS) is 29.1. The van der Waals surface area contributed by atoms with E-state index in [4.69, 9.17) is 5.73 Å². The summed E-state index contributed by atoms with van der Waals surface area (Å²) in [6.07, 6.45) is -2.94. The van der Waals surface area contributed by atoms with Crippen molar-refractivity contribution in [1.82, 2.24) is 4.90 Å². The van der Waals surface area contributed by atoms with E-state index in [1.807, 2.05) is 6.92 Å². The molecule has 0 aromatic carbocycles. The molecule has 1 aliphatic rings. The number of amides is 1. The van der Waals surface area contributed by atoms with Gasteiger partial charge in [-0.2, -0.15) is 13.2 Å². The number of halogens is 3. The molecule has 0 aliphatic heterocycles. The molecular weight excluding hydrogens is 245 g/mol. The predicted octanol–water partition coefficient (Wildman–Crippen LogP) is 2.16. The highest BCUT2D eigenvalue weighted by atomic mass is 19.4. The average molecular weight is 266 g/mol. The Kier molecular flexibility index (Phi) is 5.01. The maximum atomic E-state index is 12.1. The van der Waals surface area contributed by atoms with Gasteiger partial charge in [-0.05, 0) is 25.2 Å². The highest BCUT2D eigenvalue weighted by molar-refractivity contribution is 5.79. The molecule has 6 heteroatoms. The van der Waals surface area contributed by atoms with Crippen LogP contribution in [0.2, 0.25) is 0 Å². The molecule has 3 unspecified atom stereocenters. The summed E-state index contributed by atoms with van der Waals surface area (Å²) >= 11 is 0. The lowest BCUT2D eigenvalue weighted by Crippen LogP contribution is -2.42. The summed E-state index contributed by atoms with van der Waals surface area (Å²) < 4.78 is 36.3. The monoisotopic (exact) mass is 266 g/mol. The number of hydrogen-bond donors (Lipinski definition) is 1. The molecule has 18 heavy (non-hydrogen) atoms. The van der Waals surface area contributed by atoms with Crippen molar-refractivity contribution in [2.75, 3.05) is 13.6 Å². The maximum Gasteiger partial charge on any atom is 0.390 e. The molecule has 0 radical (unpaired) electrons. The fraction of sp³-hybridized carbons (Fsp3) is 0.917. The van der Waals surface area contributed by atoms with Crippen LogP contribution in [0.5, 0.6) is 0 Å². The minimum absolute atomic E-state index is 0.115. The fourth-order valence-corrected chi connectivity index (χ4v) is 2.49. The molecule has 3 atom stereocenters. The van der Waals surface area contributed by atoms with Gasteiger partial charge >= 0.3 is 6.18 Å². The van der Waals surface area contributed by atoms with Crippen LogP contribution in [0.3, 0.4) is 0 Å². The lowest BCUT2D eigenvalue weighted by atomic mass is 9.77. The minimum atomic E-state index is -4.21. The van der Waals surface area contributed by atoms with Crippen molar-refractivity contribution in [3.05, 3.63) is 0 Å². The van der Waals surface area contributed by atoms with Crippen LogP contribution in [0, 0.1) is 11.8 Å². The number of alkyl halides is 3. The third-order valence-electron chi connectivity index (χ3n) is 3.63. The standard InChI is InChI=1S/C12H21F3N2O/c1-8-7-9(16)3-4-10(8)11(18)17(2)6-5-12(13,14)15/h8-10H,3-7,16H2,1-2H3. The first-order chi connectivity index (χ1) is 8.20. The number of nitrogens with two attached hydrogens (primary N) is 1. The minimum Gasteiger partial charge on any atom is -0.345 e. The number of carbonyl (C=O) groups excluding carboxylic acids is 1. The molecule has 1 aliphatic carbocycles. The van der Waals surface area contributed by atoms with E-state index in [0.29, 0.717) is 6.42 Å². The van der Waals surface area contributed by atoms with Gasteiger partial charge in [-0.3, -0.25) is 4.79 Å². The van der Waals surface area contributed by atoms with E-state index in [1.165, 1.54) is 11.9 Å². The summed E-state index contributed by atoms with van der Waals surface area (Å²) in [5, 5.41) is 0. The molecule has 2 N–H and O–H groups in total. The Balaban J connectivity index is 2.48. The first kappa shape index (κ1) is 15.3. The molecule has 0 heterocycles. The van der Waals surface area contributed by atoms with Gasteiger partial charge in [0.05, 0.1) is 6.42 Å². The summed E-state index contributed by atoms with van der Waals surface area (Å²) in [5.41, 5.74) is 5.81. The maximum absolute atomic E-state index is 12.1. The first-order valence-corrected chi connectivity index (χ1v) is 6.28. The van der Waals surface area contributed by atoms with Gasteiger partial charge in [-0.25, -0.2) is 0 Å². The van der Waals surface area contributed by atoms with E-state index in [2.05, 4.69) is 0 Å². The number of carbonyl (C=O) groups is 1. The molecule has 1 amide bonds. The van der Waals surface area contributed by atoms with Crippen molar-refractivity contribution >= 4 is 5.91 Å². The predicted molar refractivity (Wildman–Crippen MR) is 62.8 cm³/mol. The Labute approximate surface area is 106 Å². The molecule has 0 bridgehead atoms. The Hall–Kier alpha value is -0.780. The molecule has 3 nitrogen and oxygen atoms in total. The van der Waals surface area contributed by atoms with Gasteiger partial charge < -0.3 is 10.6 Å². The highest BCUT2D eigenvalue weighted by Gasteiger charge is 2.34. The van der Waals surface area contributed by atoms with Gasteiger partial charge in [-0.1, -0.05) is 6.92 Å². The van der Waals surface area contributed by atoms with E-state index < -0.39 is 12.6 Å². The van der Waals surface area contributed by atoms with Gasteiger partial charge in [0.25, 0.3) is 0 Å². The number of rotatable bonds is 3. The van der Waals surface area contributed by atoms with E-state index in [-0.39, 0.29) is 30.3 Å². The van der Waals surface area contributed by atoms with E-state index in [0.717, 1.165) is 12.8 Å². The molecule has 0 aromatic heterocycles. The lowest BCUT2D eigenvalue weighted by molar-refractivity contribution is -0.147. The van der Waals surface area contributed by atoms with E-state index >= 15 is 0 Å². The second-order valence-corrected chi connectivity index (χ2v) is 5.28. The van der Waals surface area contributed by atoms with Crippen molar-refractivity contribution in [1.29, 1.82) is 0 Å². The van der Waals surface area contributed by atoms with Crippen molar-refractivity contribution in [3.63, 3.8) is 0 Å². The van der Waals surface area contributed by atoms with Crippen molar-refractivity contribution < 1.29 is 18.0 Å². The molecule has 0 spiro atoms. The summed E-state index contributed by atoms with van der Waals surface area (Å²) in [4.78, 5) is 13.2. The zero-order valence-electron chi connectivity index (χ0n) is 10.8. The Bertz CT molecular complexity index is 294. The fourth-order valence-electron chi connectivity index (χ4n) is 2.49. The van der Waals surface area contributed by atoms with Crippen molar-refractivity contribution in [2.24, 2.45) is 17.6 Å². The van der Waals surface area contributed by atoms with Crippen LogP contribution in [0.1, 0.15) is 32.6 Å². The summed E-state index contributed by atoms with van der Waals surface area (Å²) in [6, 6.07) is 0.115. The summed E-state index contributed by atoms with van der Waals surface area (Å²) in [6.45, 7) is 1.68. The molecular formula is C12H21F3N2O. The van der Waals surface area contributed by atoms with Crippen molar-refractivity contribution in [2.45, 2.75) is 44.8 Å². The summed E-state index contributed by atoms with van der Waals surface area (Å²) in [5.74, 6) is -0.212. The zero-order valence-corrected chi connectivity index (χ0v) is 10.8. The molecule has 1 fully saturated rings. The van der Waals surface area contributed by atoms with Gasteiger partial charge in [0, 0.05) is 25.6 Å². The van der Waals surface area contributed by atoms with Crippen molar-refractivity contribution in [3.8, 4) is 0 Å². The number of hydrogen-bond acceptors (Lipinski definition) is 2. The molecule has 1 rings (SSSR count). The van der Waals surface area contributed by atoms with Gasteiger partial charge in [0.1, 0.15) is 0 Å². The van der Waals surface area contributed by atoms with Crippen LogP contribution in [0.15, 0.2) is 0 Å². The van der Waals surface area contributed by atoms with E-state index in [9.17, 15) is 18.0 Å². The second-order valence-electron chi connectivity index (χ2n) is 5.28. The van der Waals surface area contributed by atoms with Crippen LogP contribution in [-0.4, -0.2) is 36.6 Å². The molecule has 0 saturated heterocycles. The first-order valence-electron chi connectivity index (χ1n) is 6.28. The topological polar surface area (TPSA) is 46.3 Å². The average Bonchev–Trinajstić information content (AvgIpc) is 2.24. The van der Waals surface area contributed by atoms with Crippen LogP contribution >= 0.6 is 0 Å². The molecule has 1 saturated carbocycles. The van der Waals surface area contributed by atoms with Gasteiger partial charge in [-0.15, -0.1) is 0 Å².